The van der Waals surface area contributed by atoms with E-state index in [4.69, 9.17) is 0 Å². The number of hydrogen-bond donors (Lipinski definition) is 1. The van der Waals surface area contributed by atoms with Crippen LogP contribution in [0.15, 0.2) is 29.6 Å². The number of fused-ring (bicyclic) bond motifs is 1. The quantitative estimate of drug-likeness (QED) is 0.868. The van der Waals surface area contributed by atoms with Crippen molar-refractivity contribution in [1.82, 2.24) is 5.32 Å². The summed E-state index contributed by atoms with van der Waals surface area (Å²) < 4.78 is 0. The highest BCUT2D eigenvalue weighted by Gasteiger charge is 2.11. The Kier molecular flexibility index (Phi) is 3.00. The van der Waals surface area contributed by atoms with E-state index in [-0.39, 0.29) is 0 Å². The highest BCUT2D eigenvalue weighted by atomic mass is 32.1. The molecule has 1 aliphatic rings. The number of rotatable bonds is 3. The van der Waals surface area contributed by atoms with Crippen LogP contribution in [0.1, 0.15) is 22.4 Å². The van der Waals surface area contributed by atoms with Crippen molar-refractivity contribution in [3.63, 3.8) is 0 Å². The minimum Gasteiger partial charge on any atom is -0.315 e. The van der Waals surface area contributed by atoms with E-state index >= 15 is 0 Å². The van der Waals surface area contributed by atoms with E-state index in [2.05, 4.69) is 35.0 Å². The molecule has 1 aromatic carbocycles. The molecule has 0 unspecified atom stereocenters. The SMILES string of the molecule is CNCc1cc(-c2ccc3c(c2)CCC3)cs1. The average Bonchev–Trinajstić information content (AvgIpc) is 2.96. The fourth-order valence-electron chi connectivity index (χ4n) is 2.55. The van der Waals surface area contributed by atoms with Gasteiger partial charge in [-0.25, -0.2) is 0 Å². The van der Waals surface area contributed by atoms with Gasteiger partial charge in [0.1, 0.15) is 0 Å². The zero-order valence-corrected chi connectivity index (χ0v) is 10.9. The first kappa shape index (κ1) is 11.0. The molecule has 0 atom stereocenters. The van der Waals surface area contributed by atoms with Gasteiger partial charge in [0.2, 0.25) is 0 Å². The van der Waals surface area contributed by atoms with E-state index in [0.717, 1.165) is 6.54 Å². The van der Waals surface area contributed by atoms with E-state index in [1.54, 1.807) is 11.1 Å². The van der Waals surface area contributed by atoms with Crippen LogP contribution < -0.4 is 5.32 Å². The van der Waals surface area contributed by atoms with Crippen molar-refractivity contribution < 1.29 is 0 Å². The molecule has 0 bridgehead atoms. The number of nitrogens with one attached hydrogen (secondary N) is 1. The molecule has 1 N–H and O–H groups in total. The summed E-state index contributed by atoms with van der Waals surface area (Å²) in [6.07, 6.45) is 3.86. The van der Waals surface area contributed by atoms with Crippen molar-refractivity contribution in [2.75, 3.05) is 7.05 Å². The van der Waals surface area contributed by atoms with Gasteiger partial charge in [0.25, 0.3) is 0 Å². The van der Waals surface area contributed by atoms with Crippen molar-refractivity contribution >= 4 is 11.3 Å². The maximum Gasteiger partial charge on any atom is 0.0296 e. The first-order valence-corrected chi connectivity index (χ1v) is 7.09. The predicted octanol–water partition coefficient (Wildman–Crippen LogP) is 3.62. The van der Waals surface area contributed by atoms with E-state index < -0.39 is 0 Å². The maximum atomic E-state index is 3.20. The minimum atomic E-state index is 0.968. The van der Waals surface area contributed by atoms with Crippen molar-refractivity contribution in [3.05, 3.63) is 45.6 Å². The minimum absolute atomic E-state index is 0.968. The topological polar surface area (TPSA) is 12.0 Å². The van der Waals surface area contributed by atoms with Gasteiger partial charge >= 0.3 is 0 Å². The van der Waals surface area contributed by atoms with Gasteiger partial charge in [0.15, 0.2) is 0 Å². The summed E-state index contributed by atoms with van der Waals surface area (Å²) in [4.78, 5) is 1.41. The van der Waals surface area contributed by atoms with Gasteiger partial charge in [-0.1, -0.05) is 18.2 Å². The fraction of sp³-hybridized carbons (Fsp3) is 0.333. The van der Waals surface area contributed by atoms with Gasteiger partial charge in [0, 0.05) is 11.4 Å². The Bertz CT molecular complexity index is 527. The van der Waals surface area contributed by atoms with Gasteiger partial charge in [-0.2, -0.15) is 0 Å². The number of thiophene rings is 1. The molecule has 0 radical (unpaired) electrons. The summed E-state index contributed by atoms with van der Waals surface area (Å²) in [5, 5.41) is 5.47. The third-order valence-electron chi connectivity index (χ3n) is 3.44. The summed E-state index contributed by atoms with van der Waals surface area (Å²) in [5.41, 5.74) is 5.86. The van der Waals surface area contributed by atoms with Crippen LogP contribution in [-0.2, 0) is 19.4 Å². The number of hydrogen-bond acceptors (Lipinski definition) is 2. The second kappa shape index (κ2) is 4.63. The predicted molar refractivity (Wildman–Crippen MR) is 74.5 cm³/mol. The Hall–Kier alpha value is -1.12. The van der Waals surface area contributed by atoms with Gasteiger partial charge < -0.3 is 5.32 Å². The van der Waals surface area contributed by atoms with Gasteiger partial charge in [0.05, 0.1) is 0 Å². The zero-order valence-electron chi connectivity index (χ0n) is 10.1. The first-order valence-electron chi connectivity index (χ1n) is 6.21. The molecule has 1 heterocycles. The highest BCUT2D eigenvalue weighted by Crippen LogP contribution is 2.30. The standard InChI is InChI=1S/C15H17NS/c1-16-9-15-8-14(10-17-15)13-6-5-11-3-2-4-12(11)7-13/h5-8,10,16H,2-4,9H2,1H3. The molecule has 0 saturated carbocycles. The van der Waals surface area contributed by atoms with Crippen LogP contribution in [0.3, 0.4) is 0 Å². The molecule has 88 valence electrons. The molecule has 2 aromatic rings. The molecule has 0 amide bonds. The fourth-order valence-corrected chi connectivity index (χ4v) is 3.46. The lowest BCUT2D eigenvalue weighted by Gasteiger charge is -2.02. The largest absolute Gasteiger partial charge is 0.315 e. The third kappa shape index (κ3) is 2.15. The Morgan fingerprint density at radius 2 is 2.00 bits per heavy atom. The van der Waals surface area contributed by atoms with E-state index in [1.807, 2.05) is 18.4 Å². The van der Waals surface area contributed by atoms with Crippen molar-refractivity contribution in [3.8, 4) is 11.1 Å². The lowest BCUT2D eigenvalue weighted by Crippen LogP contribution is -2.02. The van der Waals surface area contributed by atoms with Crippen LogP contribution in [0.2, 0.25) is 0 Å². The lowest BCUT2D eigenvalue weighted by atomic mass is 10.0. The van der Waals surface area contributed by atoms with Crippen LogP contribution in [0, 0.1) is 0 Å². The zero-order chi connectivity index (χ0) is 11.7. The third-order valence-corrected chi connectivity index (χ3v) is 4.37. The smallest absolute Gasteiger partial charge is 0.0296 e. The van der Waals surface area contributed by atoms with Crippen molar-refractivity contribution in [2.24, 2.45) is 0 Å². The van der Waals surface area contributed by atoms with E-state index in [1.165, 1.54) is 35.3 Å². The van der Waals surface area contributed by atoms with Crippen LogP contribution in [0.5, 0.6) is 0 Å². The van der Waals surface area contributed by atoms with Gasteiger partial charge in [-0.15, -0.1) is 11.3 Å². The van der Waals surface area contributed by atoms with Crippen LogP contribution >= 0.6 is 11.3 Å². The van der Waals surface area contributed by atoms with Crippen LogP contribution in [-0.4, -0.2) is 7.05 Å². The Morgan fingerprint density at radius 1 is 1.12 bits per heavy atom. The first-order chi connectivity index (χ1) is 8.36. The molecule has 0 fully saturated rings. The molecule has 0 saturated heterocycles. The van der Waals surface area contributed by atoms with Crippen LogP contribution in [0.4, 0.5) is 0 Å². The number of aryl methyl sites for hydroxylation is 2. The lowest BCUT2D eigenvalue weighted by molar-refractivity contribution is 0.831. The summed E-state index contributed by atoms with van der Waals surface area (Å²) in [6, 6.07) is 9.27. The second-order valence-corrected chi connectivity index (χ2v) is 5.66. The molecule has 0 spiro atoms. The Labute approximate surface area is 106 Å². The normalized spacial score (nSPS) is 13.9. The molecule has 0 aliphatic heterocycles. The highest BCUT2D eigenvalue weighted by molar-refractivity contribution is 7.10. The Balaban J connectivity index is 1.92. The number of benzene rings is 1. The average molecular weight is 243 g/mol. The molecular formula is C15H17NS. The molecule has 1 nitrogen and oxygen atoms in total. The van der Waals surface area contributed by atoms with E-state index in [9.17, 15) is 0 Å². The van der Waals surface area contributed by atoms with E-state index in [0.29, 0.717) is 0 Å². The summed E-state index contributed by atoms with van der Waals surface area (Å²) in [7, 11) is 1.99. The summed E-state index contributed by atoms with van der Waals surface area (Å²) in [5.74, 6) is 0. The summed E-state index contributed by atoms with van der Waals surface area (Å²) >= 11 is 1.84. The van der Waals surface area contributed by atoms with Crippen molar-refractivity contribution in [2.45, 2.75) is 25.8 Å². The molecule has 1 aromatic heterocycles. The van der Waals surface area contributed by atoms with Crippen LogP contribution in [0.25, 0.3) is 11.1 Å². The Morgan fingerprint density at radius 3 is 2.88 bits per heavy atom. The summed E-state index contributed by atoms with van der Waals surface area (Å²) in [6.45, 7) is 0.968. The molecule has 3 rings (SSSR count). The van der Waals surface area contributed by atoms with Gasteiger partial charge in [-0.3, -0.25) is 0 Å². The van der Waals surface area contributed by atoms with Crippen molar-refractivity contribution in [1.29, 1.82) is 0 Å². The molecule has 1 aliphatic carbocycles. The monoisotopic (exact) mass is 243 g/mol. The molecular weight excluding hydrogens is 226 g/mol. The van der Waals surface area contributed by atoms with Gasteiger partial charge in [-0.05, 0) is 60.0 Å². The molecule has 17 heavy (non-hydrogen) atoms. The maximum absolute atomic E-state index is 3.20. The second-order valence-electron chi connectivity index (χ2n) is 4.67. The molecule has 2 heteroatoms.